The molecule has 2 N–H and O–H groups in total. The molecular weight excluding hydrogens is 298 g/mol. The molecule has 0 aliphatic carbocycles. The van der Waals surface area contributed by atoms with Crippen molar-refractivity contribution >= 4 is 35.2 Å². The number of halogens is 1. The molecule has 0 saturated heterocycles. The fourth-order valence-corrected chi connectivity index (χ4v) is 2.61. The van der Waals surface area contributed by atoms with Gasteiger partial charge in [0.25, 0.3) is 0 Å². The van der Waals surface area contributed by atoms with Gasteiger partial charge < -0.3 is 10.4 Å². The average molecular weight is 316 g/mol. The van der Waals surface area contributed by atoms with E-state index in [1.54, 1.807) is 19.1 Å². The van der Waals surface area contributed by atoms with Crippen molar-refractivity contribution in [1.29, 1.82) is 0 Å². The van der Waals surface area contributed by atoms with Crippen LogP contribution in [0.15, 0.2) is 29.2 Å². The SMILES string of the molecule is CCC[C@@H](NC(=O)C(C)Sc1ccc(Cl)cc1)C(=O)O. The van der Waals surface area contributed by atoms with Gasteiger partial charge in [-0.05, 0) is 37.6 Å². The second-order valence-electron chi connectivity index (χ2n) is 4.40. The molecule has 1 aromatic carbocycles. The minimum Gasteiger partial charge on any atom is -0.480 e. The lowest BCUT2D eigenvalue weighted by molar-refractivity contribution is -0.141. The Kier molecular flexibility index (Phi) is 6.88. The number of nitrogens with one attached hydrogen (secondary N) is 1. The first kappa shape index (κ1) is 16.9. The maximum absolute atomic E-state index is 12.0. The molecule has 0 radical (unpaired) electrons. The third-order valence-corrected chi connectivity index (χ3v) is 4.05. The summed E-state index contributed by atoms with van der Waals surface area (Å²) in [7, 11) is 0. The molecule has 20 heavy (non-hydrogen) atoms. The summed E-state index contributed by atoms with van der Waals surface area (Å²) in [5.74, 6) is -1.27. The fraction of sp³-hybridized carbons (Fsp3) is 0.429. The summed E-state index contributed by atoms with van der Waals surface area (Å²) in [6, 6.07) is 6.35. The molecule has 1 amide bonds. The Morgan fingerprint density at radius 3 is 2.45 bits per heavy atom. The van der Waals surface area contributed by atoms with Crippen molar-refractivity contribution in [1.82, 2.24) is 5.32 Å². The third-order valence-electron chi connectivity index (χ3n) is 2.69. The number of thioether (sulfide) groups is 1. The molecular formula is C14H18ClNO3S. The van der Waals surface area contributed by atoms with E-state index in [-0.39, 0.29) is 11.2 Å². The molecule has 2 atom stereocenters. The number of carboxylic acids is 1. The number of aliphatic carboxylic acids is 1. The first-order chi connectivity index (χ1) is 9.43. The highest BCUT2D eigenvalue weighted by atomic mass is 35.5. The third kappa shape index (κ3) is 5.43. The Balaban J connectivity index is 2.57. The minimum absolute atomic E-state index is 0.272. The number of benzene rings is 1. The molecule has 0 aliphatic rings. The molecule has 0 bridgehead atoms. The van der Waals surface area contributed by atoms with E-state index in [0.717, 1.165) is 4.90 Å². The van der Waals surface area contributed by atoms with Gasteiger partial charge in [-0.1, -0.05) is 24.9 Å². The summed E-state index contributed by atoms with van der Waals surface area (Å²) >= 11 is 7.16. The van der Waals surface area contributed by atoms with E-state index in [2.05, 4.69) is 5.32 Å². The number of hydrogen-bond acceptors (Lipinski definition) is 3. The lowest BCUT2D eigenvalue weighted by atomic mass is 10.1. The summed E-state index contributed by atoms with van der Waals surface area (Å²) in [6.07, 6.45) is 1.13. The van der Waals surface area contributed by atoms with Crippen molar-refractivity contribution in [2.75, 3.05) is 0 Å². The highest BCUT2D eigenvalue weighted by Gasteiger charge is 2.22. The quantitative estimate of drug-likeness (QED) is 0.758. The fourth-order valence-electron chi connectivity index (χ4n) is 1.61. The molecule has 110 valence electrons. The molecule has 4 nitrogen and oxygen atoms in total. The summed E-state index contributed by atoms with van der Waals surface area (Å²) in [6.45, 7) is 3.63. The Morgan fingerprint density at radius 2 is 1.95 bits per heavy atom. The standard InChI is InChI=1S/C14H18ClNO3S/c1-3-4-12(14(18)19)16-13(17)9(2)20-11-7-5-10(15)6-8-11/h5-9,12H,3-4H2,1-2H3,(H,16,17)(H,18,19)/t9?,12-/m1/s1. The van der Waals surface area contributed by atoms with Crippen LogP contribution in [-0.2, 0) is 9.59 Å². The average Bonchev–Trinajstić information content (AvgIpc) is 2.40. The van der Waals surface area contributed by atoms with Gasteiger partial charge in [0.05, 0.1) is 5.25 Å². The van der Waals surface area contributed by atoms with Crippen molar-refractivity contribution in [2.24, 2.45) is 0 Å². The van der Waals surface area contributed by atoms with Crippen LogP contribution in [0.4, 0.5) is 0 Å². The van der Waals surface area contributed by atoms with Gasteiger partial charge in [-0.2, -0.15) is 0 Å². The Hall–Kier alpha value is -1.20. The van der Waals surface area contributed by atoms with Crippen LogP contribution in [0.5, 0.6) is 0 Å². The molecule has 0 fully saturated rings. The summed E-state index contributed by atoms with van der Waals surface area (Å²) in [5.41, 5.74) is 0. The number of amides is 1. The summed E-state index contributed by atoms with van der Waals surface area (Å²) < 4.78 is 0. The van der Waals surface area contributed by atoms with Crippen molar-refractivity contribution in [2.45, 2.75) is 42.9 Å². The summed E-state index contributed by atoms with van der Waals surface area (Å²) in [4.78, 5) is 23.9. The first-order valence-corrected chi connectivity index (χ1v) is 7.65. The van der Waals surface area contributed by atoms with E-state index < -0.39 is 12.0 Å². The van der Waals surface area contributed by atoms with Crippen LogP contribution < -0.4 is 5.32 Å². The molecule has 0 saturated carbocycles. The van der Waals surface area contributed by atoms with Gasteiger partial charge in [-0.15, -0.1) is 11.8 Å². The van der Waals surface area contributed by atoms with Gasteiger partial charge in [0.1, 0.15) is 6.04 Å². The van der Waals surface area contributed by atoms with Gasteiger partial charge in [0.2, 0.25) is 5.91 Å². The highest BCUT2D eigenvalue weighted by molar-refractivity contribution is 8.00. The largest absolute Gasteiger partial charge is 0.480 e. The maximum atomic E-state index is 12.0. The Labute approximate surface area is 127 Å². The molecule has 1 rings (SSSR count). The van der Waals surface area contributed by atoms with Gasteiger partial charge in [-0.3, -0.25) is 4.79 Å². The van der Waals surface area contributed by atoms with Crippen LogP contribution in [0.3, 0.4) is 0 Å². The lowest BCUT2D eigenvalue weighted by Gasteiger charge is -2.17. The lowest BCUT2D eigenvalue weighted by Crippen LogP contribution is -2.43. The zero-order valence-electron chi connectivity index (χ0n) is 11.4. The van der Waals surface area contributed by atoms with Crippen LogP contribution in [0, 0.1) is 0 Å². The predicted molar refractivity (Wildman–Crippen MR) is 81.2 cm³/mol. The highest BCUT2D eigenvalue weighted by Crippen LogP contribution is 2.24. The van der Waals surface area contributed by atoms with Gasteiger partial charge >= 0.3 is 5.97 Å². The molecule has 6 heteroatoms. The van der Waals surface area contributed by atoms with Crippen LogP contribution in [0.2, 0.25) is 5.02 Å². The Bertz CT molecular complexity index is 464. The van der Waals surface area contributed by atoms with E-state index in [9.17, 15) is 9.59 Å². The van der Waals surface area contributed by atoms with Crippen molar-refractivity contribution < 1.29 is 14.7 Å². The molecule has 0 aliphatic heterocycles. The number of carbonyl (C=O) groups is 2. The van der Waals surface area contributed by atoms with Crippen LogP contribution in [0.1, 0.15) is 26.7 Å². The summed E-state index contributed by atoms with van der Waals surface area (Å²) in [5, 5.41) is 11.9. The van der Waals surface area contributed by atoms with Gasteiger partial charge in [0, 0.05) is 9.92 Å². The molecule has 0 heterocycles. The van der Waals surface area contributed by atoms with Crippen molar-refractivity contribution in [3.05, 3.63) is 29.3 Å². The number of carbonyl (C=O) groups excluding carboxylic acids is 1. The van der Waals surface area contributed by atoms with E-state index in [4.69, 9.17) is 16.7 Å². The van der Waals surface area contributed by atoms with Crippen LogP contribution in [-0.4, -0.2) is 28.3 Å². The normalized spacial score (nSPS) is 13.6. The van der Waals surface area contributed by atoms with E-state index in [1.807, 2.05) is 19.1 Å². The molecule has 1 aromatic rings. The topological polar surface area (TPSA) is 66.4 Å². The van der Waals surface area contributed by atoms with Crippen LogP contribution in [0.25, 0.3) is 0 Å². The second-order valence-corrected chi connectivity index (χ2v) is 6.25. The van der Waals surface area contributed by atoms with E-state index in [0.29, 0.717) is 17.9 Å². The Morgan fingerprint density at radius 1 is 1.35 bits per heavy atom. The van der Waals surface area contributed by atoms with Crippen molar-refractivity contribution in [3.63, 3.8) is 0 Å². The zero-order valence-corrected chi connectivity index (χ0v) is 13.0. The molecule has 0 aromatic heterocycles. The number of hydrogen-bond donors (Lipinski definition) is 2. The number of carboxylic acid groups (broad SMARTS) is 1. The zero-order chi connectivity index (χ0) is 15.1. The minimum atomic E-state index is -0.996. The molecule has 0 spiro atoms. The van der Waals surface area contributed by atoms with E-state index >= 15 is 0 Å². The smallest absolute Gasteiger partial charge is 0.326 e. The van der Waals surface area contributed by atoms with Gasteiger partial charge in [-0.25, -0.2) is 4.79 Å². The number of rotatable bonds is 7. The maximum Gasteiger partial charge on any atom is 0.326 e. The van der Waals surface area contributed by atoms with Gasteiger partial charge in [0.15, 0.2) is 0 Å². The molecule has 1 unspecified atom stereocenters. The van der Waals surface area contributed by atoms with E-state index in [1.165, 1.54) is 11.8 Å². The van der Waals surface area contributed by atoms with Crippen molar-refractivity contribution in [3.8, 4) is 0 Å². The predicted octanol–water partition coefficient (Wildman–Crippen LogP) is 3.19. The second kappa shape index (κ2) is 8.17. The monoisotopic (exact) mass is 315 g/mol. The van der Waals surface area contributed by atoms with Crippen LogP contribution >= 0.6 is 23.4 Å². The first-order valence-electron chi connectivity index (χ1n) is 6.39.